The highest BCUT2D eigenvalue weighted by atomic mass is 16.6. The Kier molecular flexibility index (Phi) is 4.46. The number of benzene rings is 1. The van der Waals surface area contributed by atoms with Crippen molar-refractivity contribution in [2.24, 2.45) is 5.90 Å². The van der Waals surface area contributed by atoms with E-state index in [4.69, 9.17) is 5.90 Å². The summed E-state index contributed by atoms with van der Waals surface area (Å²) >= 11 is 0. The van der Waals surface area contributed by atoms with Crippen LogP contribution in [-0.2, 0) is 11.4 Å². The third-order valence-electron chi connectivity index (χ3n) is 1.84. The third-order valence-corrected chi connectivity index (χ3v) is 1.84. The zero-order valence-electron chi connectivity index (χ0n) is 7.86. The zero-order valence-corrected chi connectivity index (χ0v) is 7.86. The molecule has 0 bridgehead atoms. The fourth-order valence-electron chi connectivity index (χ4n) is 1.06. The molecule has 0 saturated carbocycles. The van der Waals surface area contributed by atoms with Gasteiger partial charge in [-0.15, -0.1) is 0 Å². The van der Waals surface area contributed by atoms with Crippen LogP contribution in [0, 0.1) is 0 Å². The van der Waals surface area contributed by atoms with Gasteiger partial charge in [0, 0.05) is 13.1 Å². The van der Waals surface area contributed by atoms with Crippen molar-refractivity contribution in [3.8, 4) is 0 Å². The number of hydrogen-bond donors (Lipinski definition) is 2. The molecule has 3 N–H and O–H groups in total. The molecule has 72 valence electrons. The lowest BCUT2D eigenvalue weighted by Crippen LogP contribution is -2.28. The van der Waals surface area contributed by atoms with Crippen molar-refractivity contribution in [1.29, 1.82) is 0 Å². The molecule has 1 rings (SSSR count). The molecule has 13 heavy (non-hydrogen) atoms. The van der Waals surface area contributed by atoms with Crippen molar-refractivity contribution in [3.63, 3.8) is 0 Å². The molecule has 0 radical (unpaired) electrons. The summed E-state index contributed by atoms with van der Waals surface area (Å²) in [7, 11) is 0. The SMILES string of the molecule is CC(CNCc1ccccc1)ON. The molecule has 0 fully saturated rings. The van der Waals surface area contributed by atoms with Crippen molar-refractivity contribution in [2.45, 2.75) is 19.6 Å². The Labute approximate surface area is 78.8 Å². The number of hydrogen-bond acceptors (Lipinski definition) is 3. The van der Waals surface area contributed by atoms with Gasteiger partial charge < -0.3 is 10.2 Å². The van der Waals surface area contributed by atoms with E-state index in [0.29, 0.717) is 0 Å². The lowest BCUT2D eigenvalue weighted by atomic mass is 10.2. The van der Waals surface area contributed by atoms with Crippen LogP contribution in [-0.4, -0.2) is 12.6 Å². The van der Waals surface area contributed by atoms with Crippen LogP contribution in [0.1, 0.15) is 12.5 Å². The largest absolute Gasteiger partial charge is 0.310 e. The lowest BCUT2D eigenvalue weighted by molar-refractivity contribution is 0.0663. The molecule has 1 atom stereocenters. The van der Waals surface area contributed by atoms with Crippen molar-refractivity contribution < 1.29 is 4.84 Å². The summed E-state index contributed by atoms with van der Waals surface area (Å²) in [5, 5.41) is 3.25. The summed E-state index contributed by atoms with van der Waals surface area (Å²) < 4.78 is 0. The summed E-state index contributed by atoms with van der Waals surface area (Å²) in [6.45, 7) is 3.55. The van der Waals surface area contributed by atoms with Crippen LogP contribution in [0.4, 0.5) is 0 Å². The molecule has 0 aliphatic rings. The minimum absolute atomic E-state index is 0.0590. The molecule has 0 aliphatic heterocycles. The standard InChI is InChI=1S/C10H16N2O/c1-9(13-11)7-12-8-10-5-3-2-4-6-10/h2-6,9,12H,7-8,11H2,1H3. The maximum atomic E-state index is 5.01. The first kappa shape index (κ1) is 10.2. The minimum atomic E-state index is 0.0590. The van der Waals surface area contributed by atoms with E-state index < -0.39 is 0 Å². The highest BCUT2D eigenvalue weighted by Crippen LogP contribution is 1.97. The van der Waals surface area contributed by atoms with E-state index >= 15 is 0 Å². The van der Waals surface area contributed by atoms with Gasteiger partial charge in [-0.3, -0.25) is 0 Å². The van der Waals surface area contributed by atoms with Crippen molar-refractivity contribution >= 4 is 0 Å². The average molecular weight is 180 g/mol. The van der Waals surface area contributed by atoms with Gasteiger partial charge in [-0.05, 0) is 12.5 Å². The predicted octanol–water partition coefficient (Wildman–Crippen LogP) is 1.05. The molecule has 3 heteroatoms. The highest BCUT2D eigenvalue weighted by molar-refractivity contribution is 5.14. The molecular weight excluding hydrogens is 164 g/mol. The smallest absolute Gasteiger partial charge is 0.0883 e. The molecule has 3 nitrogen and oxygen atoms in total. The van der Waals surface area contributed by atoms with E-state index in [-0.39, 0.29) is 6.10 Å². The Morgan fingerprint density at radius 2 is 2.08 bits per heavy atom. The van der Waals surface area contributed by atoms with Crippen molar-refractivity contribution in [1.82, 2.24) is 5.32 Å². The van der Waals surface area contributed by atoms with E-state index in [2.05, 4.69) is 22.3 Å². The molecule has 0 saturated heterocycles. The van der Waals surface area contributed by atoms with E-state index in [1.165, 1.54) is 5.56 Å². The van der Waals surface area contributed by atoms with Crippen LogP contribution in [0.5, 0.6) is 0 Å². The quantitative estimate of drug-likeness (QED) is 0.666. The monoisotopic (exact) mass is 180 g/mol. The Bertz CT molecular complexity index is 226. The van der Waals surface area contributed by atoms with Gasteiger partial charge in [0.05, 0.1) is 6.10 Å². The van der Waals surface area contributed by atoms with E-state index in [0.717, 1.165) is 13.1 Å². The third kappa shape index (κ3) is 4.03. The van der Waals surface area contributed by atoms with Crippen LogP contribution in [0.15, 0.2) is 30.3 Å². The van der Waals surface area contributed by atoms with Gasteiger partial charge in [0.1, 0.15) is 0 Å². The van der Waals surface area contributed by atoms with Crippen LogP contribution in [0.2, 0.25) is 0 Å². The second-order valence-electron chi connectivity index (χ2n) is 3.06. The van der Waals surface area contributed by atoms with Crippen LogP contribution >= 0.6 is 0 Å². The maximum absolute atomic E-state index is 5.01. The molecule has 1 aromatic carbocycles. The van der Waals surface area contributed by atoms with Gasteiger partial charge in [-0.2, -0.15) is 0 Å². The van der Waals surface area contributed by atoms with Crippen molar-refractivity contribution in [3.05, 3.63) is 35.9 Å². The summed E-state index contributed by atoms with van der Waals surface area (Å²) in [5.74, 6) is 5.01. The Balaban J connectivity index is 2.20. The van der Waals surface area contributed by atoms with Gasteiger partial charge in [0.2, 0.25) is 0 Å². The second kappa shape index (κ2) is 5.70. The summed E-state index contributed by atoms with van der Waals surface area (Å²) in [5.41, 5.74) is 1.27. The topological polar surface area (TPSA) is 47.3 Å². The molecule has 0 amide bonds. The summed E-state index contributed by atoms with van der Waals surface area (Å²) in [6, 6.07) is 10.2. The van der Waals surface area contributed by atoms with Gasteiger partial charge in [-0.25, -0.2) is 5.90 Å². The maximum Gasteiger partial charge on any atom is 0.0883 e. The fourth-order valence-corrected chi connectivity index (χ4v) is 1.06. The average Bonchev–Trinajstić information content (AvgIpc) is 2.19. The lowest BCUT2D eigenvalue weighted by Gasteiger charge is -2.09. The van der Waals surface area contributed by atoms with Gasteiger partial charge >= 0.3 is 0 Å². The Morgan fingerprint density at radius 1 is 1.38 bits per heavy atom. The minimum Gasteiger partial charge on any atom is -0.310 e. The number of rotatable bonds is 5. The van der Waals surface area contributed by atoms with Gasteiger partial charge in [0.25, 0.3) is 0 Å². The second-order valence-corrected chi connectivity index (χ2v) is 3.06. The van der Waals surface area contributed by atoms with E-state index in [9.17, 15) is 0 Å². The molecule has 1 unspecified atom stereocenters. The molecule has 1 aromatic rings. The van der Waals surface area contributed by atoms with Gasteiger partial charge in [0.15, 0.2) is 0 Å². The Morgan fingerprint density at radius 3 is 2.69 bits per heavy atom. The highest BCUT2D eigenvalue weighted by Gasteiger charge is 1.98. The summed E-state index contributed by atoms with van der Waals surface area (Å²) in [6.07, 6.45) is 0.0590. The molecule has 0 aliphatic carbocycles. The van der Waals surface area contributed by atoms with Crippen molar-refractivity contribution in [2.75, 3.05) is 6.54 Å². The normalized spacial score (nSPS) is 12.8. The first-order chi connectivity index (χ1) is 6.33. The van der Waals surface area contributed by atoms with Gasteiger partial charge in [-0.1, -0.05) is 30.3 Å². The first-order valence-electron chi connectivity index (χ1n) is 4.43. The van der Waals surface area contributed by atoms with E-state index in [1.807, 2.05) is 25.1 Å². The number of nitrogens with one attached hydrogen (secondary N) is 1. The molecule has 0 heterocycles. The molecule has 0 spiro atoms. The van der Waals surface area contributed by atoms with Crippen LogP contribution < -0.4 is 11.2 Å². The number of nitrogens with two attached hydrogens (primary N) is 1. The van der Waals surface area contributed by atoms with Crippen LogP contribution in [0.25, 0.3) is 0 Å². The summed E-state index contributed by atoms with van der Waals surface area (Å²) in [4.78, 5) is 4.63. The zero-order chi connectivity index (χ0) is 9.52. The predicted molar refractivity (Wildman–Crippen MR) is 52.9 cm³/mol. The fraction of sp³-hybridized carbons (Fsp3) is 0.400. The van der Waals surface area contributed by atoms with Crippen LogP contribution in [0.3, 0.4) is 0 Å². The first-order valence-corrected chi connectivity index (χ1v) is 4.43. The molecule has 0 aromatic heterocycles. The van der Waals surface area contributed by atoms with E-state index in [1.54, 1.807) is 0 Å². The Hall–Kier alpha value is -0.900. The molecular formula is C10H16N2O.